The van der Waals surface area contributed by atoms with E-state index in [1.165, 1.54) is 44.3 Å². The molecule has 0 amide bonds. The summed E-state index contributed by atoms with van der Waals surface area (Å²) >= 11 is 6.03. The number of likely N-dealkylation sites (tertiary alicyclic amines) is 1. The van der Waals surface area contributed by atoms with Crippen molar-refractivity contribution >= 4 is 11.6 Å². The lowest BCUT2D eigenvalue weighted by Crippen LogP contribution is -2.33. The molecule has 3 heteroatoms. The number of hydrogen-bond acceptors (Lipinski definition) is 2. The van der Waals surface area contributed by atoms with Crippen LogP contribution in [-0.2, 0) is 6.54 Å². The van der Waals surface area contributed by atoms with Crippen LogP contribution in [0.3, 0.4) is 0 Å². The largest absolute Gasteiger partial charge is 0.328 e. The fraction of sp³-hybridized carbons (Fsp3) is 0.625. The SMILES string of the molecule is CC(N)CCC1CCN(Cc2cccc(Cl)c2)CC1. The molecule has 19 heavy (non-hydrogen) atoms. The Morgan fingerprint density at radius 3 is 2.74 bits per heavy atom. The fourth-order valence-electron chi connectivity index (χ4n) is 2.83. The van der Waals surface area contributed by atoms with E-state index >= 15 is 0 Å². The minimum atomic E-state index is 0.351. The first-order chi connectivity index (χ1) is 9.13. The monoisotopic (exact) mass is 280 g/mol. The maximum Gasteiger partial charge on any atom is 0.0409 e. The molecule has 0 radical (unpaired) electrons. The van der Waals surface area contributed by atoms with Crippen molar-refractivity contribution in [2.45, 2.75) is 45.2 Å². The molecule has 1 aromatic rings. The van der Waals surface area contributed by atoms with Crippen LogP contribution in [0, 0.1) is 5.92 Å². The topological polar surface area (TPSA) is 29.3 Å². The molecule has 1 atom stereocenters. The van der Waals surface area contributed by atoms with Gasteiger partial charge in [0, 0.05) is 17.6 Å². The van der Waals surface area contributed by atoms with Gasteiger partial charge in [-0.25, -0.2) is 0 Å². The maximum absolute atomic E-state index is 6.03. The highest BCUT2D eigenvalue weighted by Gasteiger charge is 2.19. The zero-order valence-corrected chi connectivity index (χ0v) is 12.6. The summed E-state index contributed by atoms with van der Waals surface area (Å²) in [5, 5.41) is 0.837. The van der Waals surface area contributed by atoms with Crippen molar-refractivity contribution in [3.63, 3.8) is 0 Å². The molecule has 1 aliphatic rings. The Hall–Kier alpha value is -0.570. The predicted molar refractivity (Wildman–Crippen MR) is 82.3 cm³/mol. The normalized spacial score (nSPS) is 19.5. The summed E-state index contributed by atoms with van der Waals surface area (Å²) < 4.78 is 0. The highest BCUT2D eigenvalue weighted by molar-refractivity contribution is 6.30. The Bertz CT molecular complexity index is 384. The van der Waals surface area contributed by atoms with Crippen LogP contribution in [-0.4, -0.2) is 24.0 Å². The number of hydrogen-bond donors (Lipinski definition) is 1. The van der Waals surface area contributed by atoms with Gasteiger partial charge in [-0.15, -0.1) is 0 Å². The maximum atomic E-state index is 6.03. The van der Waals surface area contributed by atoms with Crippen LogP contribution in [0.5, 0.6) is 0 Å². The number of nitrogens with zero attached hydrogens (tertiary/aromatic N) is 1. The molecule has 2 N–H and O–H groups in total. The molecule has 0 aliphatic carbocycles. The molecule has 0 bridgehead atoms. The molecule has 106 valence electrons. The van der Waals surface area contributed by atoms with Crippen LogP contribution in [0.25, 0.3) is 0 Å². The minimum Gasteiger partial charge on any atom is -0.328 e. The fourth-order valence-corrected chi connectivity index (χ4v) is 3.04. The number of benzene rings is 1. The van der Waals surface area contributed by atoms with Gasteiger partial charge in [0.25, 0.3) is 0 Å². The molecular formula is C16H25ClN2. The molecule has 0 aromatic heterocycles. The quantitative estimate of drug-likeness (QED) is 0.891. The van der Waals surface area contributed by atoms with Crippen LogP contribution in [0.4, 0.5) is 0 Å². The standard InChI is InChI=1S/C16H25ClN2/c1-13(18)5-6-14-7-9-19(10-8-14)12-15-3-2-4-16(17)11-15/h2-4,11,13-14H,5-10,12,18H2,1H3. The number of nitrogens with two attached hydrogens (primary N) is 1. The van der Waals surface area contributed by atoms with Gasteiger partial charge in [-0.1, -0.05) is 23.7 Å². The first-order valence-corrected chi connectivity index (χ1v) is 7.73. The van der Waals surface area contributed by atoms with Crippen molar-refractivity contribution in [1.82, 2.24) is 4.90 Å². The van der Waals surface area contributed by atoms with Crippen molar-refractivity contribution in [2.24, 2.45) is 11.7 Å². The summed E-state index contributed by atoms with van der Waals surface area (Å²) in [6, 6.07) is 8.56. The van der Waals surface area contributed by atoms with E-state index in [4.69, 9.17) is 17.3 Å². The lowest BCUT2D eigenvalue weighted by molar-refractivity contribution is 0.170. The van der Waals surface area contributed by atoms with Crippen molar-refractivity contribution < 1.29 is 0 Å². The second kappa shape index (κ2) is 7.28. The second-order valence-corrected chi connectivity index (χ2v) is 6.34. The summed E-state index contributed by atoms with van der Waals surface area (Å²) in [5.41, 5.74) is 7.15. The van der Waals surface area contributed by atoms with Crippen molar-refractivity contribution in [2.75, 3.05) is 13.1 Å². The van der Waals surface area contributed by atoms with Crippen LogP contribution in [0.1, 0.15) is 38.2 Å². The van der Waals surface area contributed by atoms with E-state index < -0.39 is 0 Å². The first kappa shape index (κ1) is 14.8. The average Bonchev–Trinajstić information content (AvgIpc) is 2.38. The molecule has 2 nitrogen and oxygen atoms in total. The van der Waals surface area contributed by atoms with Crippen molar-refractivity contribution in [1.29, 1.82) is 0 Å². The Morgan fingerprint density at radius 2 is 2.11 bits per heavy atom. The highest BCUT2D eigenvalue weighted by Crippen LogP contribution is 2.23. The van der Waals surface area contributed by atoms with E-state index in [1.807, 2.05) is 12.1 Å². The van der Waals surface area contributed by atoms with Gasteiger partial charge in [0.15, 0.2) is 0 Å². The van der Waals surface area contributed by atoms with Crippen LogP contribution in [0.15, 0.2) is 24.3 Å². The Balaban J connectivity index is 1.74. The molecular weight excluding hydrogens is 256 g/mol. The third-order valence-electron chi connectivity index (χ3n) is 4.03. The Morgan fingerprint density at radius 1 is 1.37 bits per heavy atom. The third-order valence-corrected chi connectivity index (χ3v) is 4.27. The van der Waals surface area contributed by atoms with E-state index in [0.29, 0.717) is 6.04 Å². The minimum absolute atomic E-state index is 0.351. The van der Waals surface area contributed by atoms with Gasteiger partial charge in [0.1, 0.15) is 0 Å². The van der Waals surface area contributed by atoms with E-state index in [9.17, 15) is 0 Å². The lowest BCUT2D eigenvalue weighted by Gasteiger charge is -2.32. The molecule has 1 heterocycles. The van der Waals surface area contributed by atoms with Gasteiger partial charge in [0.2, 0.25) is 0 Å². The van der Waals surface area contributed by atoms with E-state index in [0.717, 1.165) is 17.5 Å². The van der Waals surface area contributed by atoms with Crippen LogP contribution in [0.2, 0.25) is 5.02 Å². The van der Waals surface area contributed by atoms with Gasteiger partial charge in [0.05, 0.1) is 0 Å². The second-order valence-electron chi connectivity index (χ2n) is 5.90. The van der Waals surface area contributed by atoms with E-state index in [-0.39, 0.29) is 0 Å². The van der Waals surface area contributed by atoms with Crippen LogP contribution >= 0.6 is 11.6 Å². The first-order valence-electron chi connectivity index (χ1n) is 7.36. The smallest absolute Gasteiger partial charge is 0.0409 e. The number of piperidine rings is 1. The molecule has 1 aliphatic heterocycles. The number of rotatable bonds is 5. The molecule has 1 fully saturated rings. The van der Waals surface area contributed by atoms with Gasteiger partial charge < -0.3 is 5.73 Å². The van der Waals surface area contributed by atoms with Crippen LogP contribution < -0.4 is 5.73 Å². The summed E-state index contributed by atoms with van der Waals surface area (Å²) in [4.78, 5) is 2.54. The van der Waals surface area contributed by atoms with Gasteiger partial charge in [-0.05, 0) is 69.3 Å². The van der Waals surface area contributed by atoms with E-state index in [2.05, 4.69) is 24.0 Å². The van der Waals surface area contributed by atoms with Gasteiger partial charge >= 0.3 is 0 Å². The summed E-state index contributed by atoms with van der Waals surface area (Å²) in [7, 11) is 0. The highest BCUT2D eigenvalue weighted by atomic mass is 35.5. The van der Waals surface area contributed by atoms with Crippen molar-refractivity contribution in [3.8, 4) is 0 Å². The molecule has 0 spiro atoms. The molecule has 1 saturated heterocycles. The Labute approximate surface area is 121 Å². The zero-order chi connectivity index (χ0) is 13.7. The molecule has 1 aromatic carbocycles. The molecule has 0 saturated carbocycles. The number of halogens is 1. The predicted octanol–water partition coefficient (Wildman–Crippen LogP) is 3.68. The summed E-state index contributed by atoms with van der Waals surface area (Å²) in [6.07, 6.45) is 5.09. The van der Waals surface area contributed by atoms with Crippen molar-refractivity contribution in [3.05, 3.63) is 34.9 Å². The van der Waals surface area contributed by atoms with E-state index in [1.54, 1.807) is 0 Å². The van der Waals surface area contributed by atoms with Gasteiger partial charge in [-0.3, -0.25) is 4.90 Å². The molecule has 1 unspecified atom stereocenters. The summed E-state index contributed by atoms with van der Waals surface area (Å²) in [6.45, 7) is 5.54. The summed E-state index contributed by atoms with van der Waals surface area (Å²) in [5.74, 6) is 0.876. The third kappa shape index (κ3) is 5.13. The zero-order valence-electron chi connectivity index (χ0n) is 11.8. The average molecular weight is 281 g/mol. The van der Waals surface area contributed by atoms with Gasteiger partial charge in [-0.2, -0.15) is 0 Å². The Kier molecular flexibility index (Phi) is 5.68. The molecule has 2 rings (SSSR count). The lowest BCUT2D eigenvalue weighted by atomic mass is 9.91.